The molecule has 1 aromatic carbocycles. The Balaban J connectivity index is 1.97. The van der Waals surface area contributed by atoms with Crippen molar-refractivity contribution in [2.45, 2.75) is 38.5 Å². The lowest BCUT2D eigenvalue weighted by atomic mass is 9.97. The lowest BCUT2D eigenvalue weighted by molar-refractivity contribution is -0.119. The highest BCUT2D eigenvalue weighted by Gasteiger charge is 2.20. The largest absolute Gasteiger partial charge is 0.299 e. The third-order valence-corrected chi connectivity index (χ3v) is 3.43. The van der Waals surface area contributed by atoms with Gasteiger partial charge in [0, 0.05) is 18.4 Å². The Morgan fingerprint density at radius 3 is 2.35 bits per heavy atom. The van der Waals surface area contributed by atoms with E-state index in [1.165, 1.54) is 31.0 Å². The zero-order chi connectivity index (χ0) is 12.3. The van der Waals surface area contributed by atoms with Crippen molar-refractivity contribution in [2.75, 3.05) is 0 Å². The Hall–Kier alpha value is -1.25. The van der Waals surface area contributed by atoms with Crippen LogP contribution in [0, 0.1) is 17.6 Å². The van der Waals surface area contributed by atoms with Crippen LogP contribution in [-0.2, 0) is 11.2 Å². The highest BCUT2D eigenvalue weighted by molar-refractivity contribution is 5.81. The molecular formula is C14H16F2O. The van der Waals surface area contributed by atoms with Crippen LogP contribution in [0.15, 0.2) is 18.2 Å². The van der Waals surface area contributed by atoms with Gasteiger partial charge in [-0.2, -0.15) is 0 Å². The van der Waals surface area contributed by atoms with Crippen LogP contribution in [0.2, 0.25) is 0 Å². The molecule has 3 heteroatoms. The van der Waals surface area contributed by atoms with Crippen molar-refractivity contribution < 1.29 is 13.6 Å². The summed E-state index contributed by atoms with van der Waals surface area (Å²) in [5.41, 5.74) is -0.0875. The number of benzene rings is 1. The van der Waals surface area contributed by atoms with Crippen molar-refractivity contribution >= 4 is 5.78 Å². The summed E-state index contributed by atoms with van der Waals surface area (Å²) < 4.78 is 26.7. The number of carbonyl (C=O) groups excluding carboxylic acids is 1. The summed E-state index contributed by atoms with van der Waals surface area (Å²) in [5, 5.41) is 0. The molecule has 1 aliphatic carbocycles. The second kappa shape index (κ2) is 5.39. The summed E-state index contributed by atoms with van der Waals surface area (Å²) in [6, 6.07) is 3.71. The second-order valence-corrected chi connectivity index (χ2v) is 4.77. The molecule has 2 rings (SSSR count). The van der Waals surface area contributed by atoms with Gasteiger partial charge in [-0.25, -0.2) is 8.78 Å². The van der Waals surface area contributed by atoms with Crippen molar-refractivity contribution in [3.05, 3.63) is 35.4 Å². The first-order valence-corrected chi connectivity index (χ1v) is 6.11. The first-order valence-electron chi connectivity index (χ1n) is 6.11. The lowest BCUT2D eigenvalue weighted by Gasteiger charge is -2.08. The van der Waals surface area contributed by atoms with Crippen LogP contribution in [0.4, 0.5) is 8.78 Å². The van der Waals surface area contributed by atoms with Crippen LogP contribution in [-0.4, -0.2) is 5.78 Å². The maximum Gasteiger partial charge on any atom is 0.137 e. The maximum atomic E-state index is 13.3. The molecule has 0 saturated heterocycles. The molecule has 0 heterocycles. The molecule has 1 nitrogen and oxygen atoms in total. The molecule has 0 unspecified atom stereocenters. The van der Waals surface area contributed by atoms with Gasteiger partial charge in [0.15, 0.2) is 0 Å². The summed E-state index contributed by atoms with van der Waals surface area (Å²) in [6.07, 6.45) is 4.85. The molecule has 0 aliphatic heterocycles. The number of Topliss-reactive ketones (excluding diaryl/α,β-unsaturated/α-hetero) is 1. The topological polar surface area (TPSA) is 17.1 Å². The molecule has 0 radical (unpaired) electrons. The first-order chi connectivity index (χ1) is 8.16. The normalized spacial score (nSPS) is 16.4. The van der Waals surface area contributed by atoms with Gasteiger partial charge in [0.25, 0.3) is 0 Å². The number of carbonyl (C=O) groups is 1. The van der Waals surface area contributed by atoms with E-state index in [0.29, 0.717) is 12.3 Å². The van der Waals surface area contributed by atoms with Crippen LogP contribution >= 0.6 is 0 Å². The number of halogens is 2. The molecule has 1 fully saturated rings. The summed E-state index contributed by atoms with van der Waals surface area (Å²) in [4.78, 5) is 11.7. The van der Waals surface area contributed by atoms with Gasteiger partial charge in [-0.15, -0.1) is 0 Å². The van der Waals surface area contributed by atoms with E-state index >= 15 is 0 Å². The molecular weight excluding hydrogens is 222 g/mol. The molecule has 0 atom stereocenters. The highest BCUT2D eigenvalue weighted by atomic mass is 19.1. The van der Waals surface area contributed by atoms with Crippen molar-refractivity contribution in [3.8, 4) is 0 Å². The van der Waals surface area contributed by atoms with Crippen molar-refractivity contribution in [1.29, 1.82) is 0 Å². The average molecular weight is 238 g/mol. The molecule has 0 amide bonds. The van der Waals surface area contributed by atoms with Crippen molar-refractivity contribution in [2.24, 2.45) is 5.92 Å². The Morgan fingerprint density at radius 1 is 1.18 bits per heavy atom. The van der Waals surface area contributed by atoms with E-state index in [1.807, 2.05) is 0 Å². The number of hydrogen-bond donors (Lipinski definition) is 0. The van der Waals surface area contributed by atoms with Gasteiger partial charge in [-0.3, -0.25) is 4.79 Å². The fourth-order valence-corrected chi connectivity index (χ4v) is 2.51. The Labute approximate surface area is 99.8 Å². The molecule has 17 heavy (non-hydrogen) atoms. The number of rotatable bonds is 4. The van der Waals surface area contributed by atoms with E-state index in [1.54, 1.807) is 0 Å². The van der Waals surface area contributed by atoms with E-state index in [4.69, 9.17) is 0 Å². The lowest BCUT2D eigenvalue weighted by Crippen LogP contribution is -2.10. The molecule has 1 saturated carbocycles. The quantitative estimate of drug-likeness (QED) is 0.782. The third-order valence-electron chi connectivity index (χ3n) is 3.43. The number of hydrogen-bond acceptors (Lipinski definition) is 1. The van der Waals surface area contributed by atoms with Crippen molar-refractivity contribution in [1.82, 2.24) is 0 Å². The average Bonchev–Trinajstić information content (AvgIpc) is 2.76. The van der Waals surface area contributed by atoms with Gasteiger partial charge in [0.2, 0.25) is 0 Å². The molecule has 1 aliphatic rings. The highest BCUT2D eigenvalue weighted by Crippen LogP contribution is 2.28. The van der Waals surface area contributed by atoms with E-state index in [2.05, 4.69) is 0 Å². The summed E-state index contributed by atoms with van der Waals surface area (Å²) in [5.74, 6) is -0.868. The second-order valence-electron chi connectivity index (χ2n) is 4.77. The van der Waals surface area contributed by atoms with Gasteiger partial charge in [0.1, 0.15) is 17.4 Å². The summed E-state index contributed by atoms with van der Waals surface area (Å²) >= 11 is 0. The molecule has 92 valence electrons. The zero-order valence-electron chi connectivity index (χ0n) is 9.72. The van der Waals surface area contributed by atoms with Crippen LogP contribution < -0.4 is 0 Å². The summed E-state index contributed by atoms with van der Waals surface area (Å²) in [7, 11) is 0. The van der Waals surface area contributed by atoms with Gasteiger partial charge < -0.3 is 0 Å². The smallest absolute Gasteiger partial charge is 0.137 e. The third kappa shape index (κ3) is 3.11. The standard InChI is InChI=1S/C14H16F2O/c15-13-6-3-7-14(16)12(13)9-11(17)8-10-4-1-2-5-10/h3,6-7,10H,1-2,4-5,8-9H2. The van der Waals surface area contributed by atoms with Gasteiger partial charge in [-0.1, -0.05) is 31.7 Å². The number of ketones is 1. The van der Waals surface area contributed by atoms with Crippen LogP contribution in [0.25, 0.3) is 0 Å². The predicted molar refractivity (Wildman–Crippen MR) is 61.6 cm³/mol. The van der Waals surface area contributed by atoms with E-state index < -0.39 is 11.6 Å². The summed E-state index contributed by atoms with van der Waals surface area (Å²) in [6.45, 7) is 0. The van der Waals surface area contributed by atoms with Gasteiger partial charge in [-0.05, 0) is 18.1 Å². The van der Waals surface area contributed by atoms with Crippen LogP contribution in [0.3, 0.4) is 0 Å². The van der Waals surface area contributed by atoms with Crippen LogP contribution in [0.1, 0.15) is 37.7 Å². The minimum Gasteiger partial charge on any atom is -0.299 e. The van der Waals surface area contributed by atoms with E-state index in [-0.39, 0.29) is 17.8 Å². The maximum absolute atomic E-state index is 13.3. The Morgan fingerprint density at radius 2 is 1.76 bits per heavy atom. The molecule has 0 bridgehead atoms. The first kappa shape index (κ1) is 12.2. The van der Waals surface area contributed by atoms with Crippen molar-refractivity contribution in [3.63, 3.8) is 0 Å². The SMILES string of the molecule is O=C(Cc1c(F)cccc1F)CC1CCCC1. The molecule has 0 aromatic heterocycles. The van der Waals surface area contributed by atoms with E-state index in [0.717, 1.165) is 12.8 Å². The Bertz CT molecular complexity index is 388. The van der Waals surface area contributed by atoms with Gasteiger partial charge in [0.05, 0.1) is 0 Å². The minimum absolute atomic E-state index is 0.0547. The minimum atomic E-state index is -0.621. The van der Waals surface area contributed by atoms with Crippen LogP contribution in [0.5, 0.6) is 0 Å². The molecule has 0 spiro atoms. The Kier molecular flexibility index (Phi) is 3.87. The fraction of sp³-hybridized carbons (Fsp3) is 0.500. The monoisotopic (exact) mass is 238 g/mol. The predicted octanol–water partition coefficient (Wildman–Crippen LogP) is 3.66. The van der Waals surface area contributed by atoms with E-state index in [9.17, 15) is 13.6 Å². The zero-order valence-corrected chi connectivity index (χ0v) is 9.72. The molecule has 0 N–H and O–H groups in total. The fourth-order valence-electron chi connectivity index (χ4n) is 2.51. The van der Waals surface area contributed by atoms with Gasteiger partial charge >= 0.3 is 0 Å². The molecule has 1 aromatic rings.